The van der Waals surface area contributed by atoms with Gasteiger partial charge in [0.2, 0.25) is 0 Å². The summed E-state index contributed by atoms with van der Waals surface area (Å²) in [6, 6.07) is 8.46. The third-order valence-corrected chi connectivity index (χ3v) is 4.25. The molecular formula is C19H31NO2. The van der Waals surface area contributed by atoms with E-state index in [4.69, 9.17) is 9.47 Å². The molecule has 0 unspecified atom stereocenters. The largest absolute Gasteiger partial charge is 0.494 e. The van der Waals surface area contributed by atoms with Crippen molar-refractivity contribution in [2.45, 2.75) is 58.6 Å². The molecule has 22 heavy (non-hydrogen) atoms. The van der Waals surface area contributed by atoms with Crippen LogP contribution in [0, 0.1) is 5.92 Å². The number of nitrogens with one attached hydrogen (secondary N) is 1. The van der Waals surface area contributed by atoms with Gasteiger partial charge in [-0.25, -0.2) is 0 Å². The summed E-state index contributed by atoms with van der Waals surface area (Å²) in [5.74, 6) is 1.70. The Hall–Kier alpha value is -1.06. The maximum Gasteiger partial charge on any atom is 0.119 e. The van der Waals surface area contributed by atoms with Crippen LogP contribution in [0.2, 0.25) is 0 Å². The molecule has 3 nitrogen and oxygen atoms in total. The molecule has 3 heteroatoms. The van der Waals surface area contributed by atoms with Crippen LogP contribution in [0.1, 0.15) is 52.0 Å². The van der Waals surface area contributed by atoms with Gasteiger partial charge in [0.25, 0.3) is 0 Å². The predicted molar refractivity (Wildman–Crippen MR) is 91.3 cm³/mol. The Morgan fingerprint density at radius 3 is 2.73 bits per heavy atom. The van der Waals surface area contributed by atoms with Gasteiger partial charge in [-0.1, -0.05) is 25.5 Å². The van der Waals surface area contributed by atoms with E-state index in [1.165, 1.54) is 18.4 Å². The van der Waals surface area contributed by atoms with E-state index in [0.717, 1.165) is 50.8 Å². The molecule has 1 heterocycles. The van der Waals surface area contributed by atoms with Crippen molar-refractivity contribution in [3.63, 3.8) is 0 Å². The Morgan fingerprint density at radius 2 is 2.05 bits per heavy atom. The van der Waals surface area contributed by atoms with Gasteiger partial charge in [-0.15, -0.1) is 0 Å². The maximum atomic E-state index is 5.77. The lowest BCUT2D eigenvalue weighted by atomic mass is 9.88. The van der Waals surface area contributed by atoms with E-state index in [1.807, 2.05) is 0 Å². The number of ether oxygens (including phenoxy) is 2. The van der Waals surface area contributed by atoms with Crippen molar-refractivity contribution in [1.82, 2.24) is 5.32 Å². The molecule has 1 N–H and O–H groups in total. The Morgan fingerprint density at radius 1 is 1.27 bits per heavy atom. The first-order valence-corrected chi connectivity index (χ1v) is 8.65. The summed E-state index contributed by atoms with van der Waals surface area (Å²) in [5.41, 5.74) is 1.36. The van der Waals surface area contributed by atoms with Crippen molar-refractivity contribution in [2.75, 3.05) is 19.8 Å². The zero-order valence-corrected chi connectivity index (χ0v) is 14.4. The van der Waals surface area contributed by atoms with Crippen LogP contribution >= 0.6 is 0 Å². The second kappa shape index (κ2) is 8.54. The highest BCUT2D eigenvalue weighted by atomic mass is 16.5. The molecule has 1 aromatic rings. The topological polar surface area (TPSA) is 30.5 Å². The molecule has 0 aromatic heterocycles. The second-order valence-electron chi connectivity index (χ2n) is 6.94. The van der Waals surface area contributed by atoms with Crippen molar-refractivity contribution in [3.8, 4) is 5.75 Å². The molecule has 0 radical (unpaired) electrons. The average Bonchev–Trinajstić information content (AvgIpc) is 2.48. The van der Waals surface area contributed by atoms with Crippen molar-refractivity contribution in [1.29, 1.82) is 0 Å². The maximum absolute atomic E-state index is 5.77. The first-order valence-electron chi connectivity index (χ1n) is 8.65. The Bertz CT molecular complexity index is 428. The van der Waals surface area contributed by atoms with Crippen molar-refractivity contribution in [2.24, 2.45) is 5.92 Å². The Kier molecular flexibility index (Phi) is 6.71. The van der Waals surface area contributed by atoms with Crippen molar-refractivity contribution < 1.29 is 9.47 Å². The van der Waals surface area contributed by atoms with Crippen molar-refractivity contribution in [3.05, 3.63) is 29.8 Å². The summed E-state index contributed by atoms with van der Waals surface area (Å²) < 4.78 is 11.5. The number of benzene rings is 1. The molecule has 1 aliphatic heterocycles. The fourth-order valence-electron chi connectivity index (χ4n) is 2.99. The molecule has 1 saturated heterocycles. The molecule has 0 aliphatic carbocycles. The lowest BCUT2D eigenvalue weighted by molar-refractivity contribution is -0.0718. The smallest absolute Gasteiger partial charge is 0.119 e. The van der Waals surface area contributed by atoms with Crippen LogP contribution in [0.3, 0.4) is 0 Å². The molecule has 0 amide bonds. The molecule has 1 aliphatic rings. The Balaban J connectivity index is 1.68. The van der Waals surface area contributed by atoms with E-state index >= 15 is 0 Å². The fraction of sp³-hybridized carbons (Fsp3) is 0.684. The predicted octanol–water partition coefficient (Wildman–Crippen LogP) is 4.16. The van der Waals surface area contributed by atoms with Crippen LogP contribution in [0.5, 0.6) is 5.75 Å². The lowest BCUT2D eigenvalue weighted by Crippen LogP contribution is -2.37. The van der Waals surface area contributed by atoms with E-state index < -0.39 is 0 Å². The molecule has 0 saturated carbocycles. The minimum Gasteiger partial charge on any atom is -0.494 e. The highest BCUT2D eigenvalue weighted by Crippen LogP contribution is 2.28. The molecule has 0 bridgehead atoms. The summed E-state index contributed by atoms with van der Waals surface area (Å²) >= 11 is 0. The van der Waals surface area contributed by atoms with Crippen molar-refractivity contribution >= 4 is 0 Å². The molecular weight excluding hydrogens is 274 g/mol. The fourth-order valence-corrected chi connectivity index (χ4v) is 2.99. The molecule has 1 aromatic carbocycles. The first-order chi connectivity index (χ1) is 10.6. The number of hydrogen-bond acceptors (Lipinski definition) is 3. The van der Waals surface area contributed by atoms with Gasteiger partial charge in [0, 0.05) is 13.2 Å². The monoisotopic (exact) mass is 305 g/mol. The third-order valence-electron chi connectivity index (χ3n) is 4.25. The lowest BCUT2D eigenvalue weighted by Gasteiger charge is -2.35. The third kappa shape index (κ3) is 5.98. The zero-order valence-electron chi connectivity index (χ0n) is 14.4. The highest BCUT2D eigenvalue weighted by molar-refractivity contribution is 5.27. The number of unbranched alkanes of at least 4 members (excludes halogenated alkanes) is 1. The summed E-state index contributed by atoms with van der Waals surface area (Å²) in [6.45, 7) is 10.3. The van der Waals surface area contributed by atoms with Gasteiger partial charge in [0.15, 0.2) is 0 Å². The van der Waals surface area contributed by atoms with Crippen LogP contribution in [0.25, 0.3) is 0 Å². The van der Waals surface area contributed by atoms with Gasteiger partial charge < -0.3 is 14.8 Å². The van der Waals surface area contributed by atoms with Crippen LogP contribution in [-0.4, -0.2) is 25.4 Å². The zero-order chi connectivity index (χ0) is 15.8. The van der Waals surface area contributed by atoms with Crippen LogP contribution in [-0.2, 0) is 11.3 Å². The molecule has 124 valence electrons. The van der Waals surface area contributed by atoms with Crippen LogP contribution in [0.4, 0.5) is 0 Å². The minimum atomic E-state index is 0.0437. The normalized spacial score (nSPS) is 20.8. The average molecular weight is 305 g/mol. The number of rotatable bonds is 8. The van der Waals surface area contributed by atoms with Gasteiger partial charge in [-0.3, -0.25) is 0 Å². The van der Waals surface area contributed by atoms with E-state index in [1.54, 1.807) is 0 Å². The second-order valence-corrected chi connectivity index (χ2v) is 6.94. The van der Waals surface area contributed by atoms with Gasteiger partial charge in [-0.2, -0.15) is 0 Å². The summed E-state index contributed by atoms with van der Waals surface area (Å²) in [4.78, 5) is 0. The summed E-state index contributed by atoms with van der Waals surface area (Å²) in [6.07, 6.45) is 4.60. The summed E-state index contributed by atoms with van der Waals surface area (Å²) in [5, 5.41) is 3.58. The van der Waals surface area contributed by atoms with E-state index in [0.29, 0.717) is 0 Å². The first kappa shape index (κ1) is 17.3. The number of hydrogen-bond donors (Lipinski definition) is 1. The van der Waals surface area contributed by atoms with Gasteiger partial charge in [-0.05, 0) is 63.3 Å². The molecule has 1 atom stereocenters. The van der Waals surface area contributed by atoms with Gasteiger partial charge in [0.05, 0.1) is 12.2 Å². The minimum absolute atomic E-state index is 0.0437. The molecule has 2 rings (SSSR count). The standard InChI is InChI=1S/C19H31NO2/c1-4-5-11-21-18-8-6-16(7-9-18)14-20-15-17-10-12-22-19(2,3)13-17/h6-9,17,20H,4-5,10-15H2,1-3H3/t17-/m1/s1. The summed E-state index contributed by atoms with van der Waals surface area (Å²) in [7, 11) is 0. The highest BCUT2D eigenvalue weighted by Gasteiger charge is 2.28. The SMILES string of the molecule is CCCCOc1ccc(CNC[C@@H]2CCOC(C)(C)C2)cc1. The van der Waals surface area contributed by atoms with E-state index in [2.05, 4.69) is 50.4 Å². The van der Waals surface area contributed by atoms with Gasteiger partial charge in [0.1, 0.15) is 5.75 Å². The van der Waals surface area contributed by atoms with Crippen LogP contribution in [0.15, 0.2) is 24.3 Å². The van der Waals surface area contributed by atoms with Crippen LogP contribution < -0.4 is 10.1 Å². The van der Waals surface area contributed by atoms with E-state index in [9.17, 15) is 0 Å². The molecule has 1 fully saturated rings. The van der Waals surface area contributed by atoms with E-state index in [-0.39, 0.29) is 5.60 Å². The Labute approximate surface area is 135 Å². The molecule has 0 spiro atoms. The van der Waals surface area contributed by atoms with Gasteiger partial charge >= 0.3 is 0 Å². The quantitative estimate of drug-likeness (QED) is 0.732.